The van der Waals surface area contributed by atoms with Gasteiger partial charge in [-0.2, -0.15) is 0 Å². The van der Waals surface area contributed by atoms with E-state index in [0.717, 1.165) is 13.1 Å². The minimum Gasteiger partial charge on any atom is -0.314 e. The van der Waals surface area contributed by atoms with Crippen LogP contribution in [0, 0.1) is 5.92 Å². The first kappa shape index (κ1) is 12.0. The molecule has 0 fully saturated rings. The van der Waals surface area contributed by atoms with Crippen LogP contribution in [0.25, 0.3) is 0 Å². The van der Waals surface area contributed by atoms with Crippen molar-refractivity contribution in [1.29, 1.82) is 0 Å². The zero-order valence-corrected chi connectivity index (χ0v) is 9.73. The van der Waals surface area contributed by atoms with Crippen molar-refractivity contribution in [2.45, 2.75) is 33.4 Å². The maximum Gasteiger partial charge on any atom is 0.250 e. The van der Waals surface area contributed by atoms with Crippen molar-refractivity contribution in [3.05, 3.63) is 34.7 Å². The van der Waals surface area contributed by atoms with Gasteiger partial charge >= 0.3 is 0 Å². The third-order valence-electron chi connectivity index (χ3n) is 2.72. The lowest BCUT2D eigenvalue weighted by molar-refractivity contribution is 0.415. The third kappa shape index (κ3) is 3.88. The lowest BCUT2D eigenvalue weighted by Crippen LogP contribution is -2.34. The van der Waals surface area contributed by atoms with E-state index in [-0.39, 0.29) is 5.56 Å². The molecule has 1 aromatic rings. The molecule has 1 heterocycles. The van der Waals surface area contributed by atoms with E-state index in [1.54, 1.807) is 16.7 Å². The molecular formula is C12H20N2O. The van der Waals surface area contributed by atoms with Crippen LogP contribution in [0.3, 0.4) is 0 Å². The molecule has 0 bridgehead atoms. The monoisotopic (exact) mass is 208 g/mol. The molecule has 15 heavy (non-hydrogen) atoms. The van der Waals surface area contributed by atoms with Gasteiger partial charge in [0.05, 0.1) is 0 Å². The van der Waals surface area contributed by atoms with Crippen LogP contribution >= 0.6 is 0 Å². The number of nitrogens with one attached hydrogen (secondary N) is 1. The summed E-state index contributed by atoms with van der Waals surface area (Å²) in [6.45, 7) is 8.11. The summed E-state index contributed by atoms with van der Waals surface area (Å²) in [5, 5.41) is 3.40. The van der Waals surface area contributed by atoms with E-state index in [9.17, 15) is 4.79 Å². The Labute approximate surface area is 91.1 Å². The Morgan fingerprint density at radius 3 is 2.67 bits per heavy atom. The van der Waals surface area contributed by atoms with E-state index in [1.165, 1.54) is 0 Å². The summed E-state index contributed by atoms with van der Waals surface area (Å²) in [5.74, 6) is 0.623. The molecule has 0 aromatic carbocycles. The molecule has 0 saturated heterocycles. The summed E-state index contributed by atoms with van der Waals surface area (Å²) in [5.41, 5.74) is 0.0662. The Hall–Kier alpha value is -1.09. The SMILES string of the molecule is CC(C)C(C)NCCn1ccccc1=O. The van der Waals surface area contributed by atoms with Crippen LogP contribution in [0.4, 0.5) is 0 Å². The first-order valence-corrected chi connectivity index (χ1v) is 5.50. The van der Waals surface area contributed by atoms with Crippen LogP contribution in [0.2, 0.25) is 0 Å². The molecule has 3 nitrogen and oxygen atoms in total. The Morgan fingerprint density at radius 1 is 1.33 bits per heavy atom. The molecule has 1 atom stereocenters. The third-order valence-corrected chi connectivity index (χ3v) is 2.72. The smallest absolute Gasteiger partial charge is 0.250 e. The molecule has 3 heteroatoms. The molecule has 0 spiro atoms. The lowest BCUT2D eigenvalue weighted by atomic mass is 10.1. The van der Waals surface area contributed by atoms with Gasteiger partial charge in [-0.1, -0.05) is 19.9 Å². The first-order valence-electron chi connectivity index (χ1n) is 5.50. The highest BCUT2D eigenvalue weighted by Gasteiger charge is 2.04. The largest absolute Gasteiger partial charge is 0.314 e. The highest BCUT2D eigenvalue weighted by Crippen LogP contribution is 1.98. The zero-order valence-electron chi connectivity index (χ0n) is 9.73. The van der Waals surface area contributed by atoms with Crippen LogP contribution in [0.5, 0.6) is 0 Å². The van der Waals surface area contributed by atoms with Crippen LogP contribution in [0.1, 0.15) is 20.8 Å². The van der Waals surface area contributed by atoms with Crippen molar-refractivity contribution < 1.29 is 0 Å². The van der Waals surface area contributed by atoms with E-state index in [0.29, 0.717) is 12.0 Å². The summed E-state index contributed by atoms with van der Waals surface area (Å²) in [4.78, 5) is 11.4. The molecule has 0 saturated carbocycles. The number of hydrogen-bond donors (Lipinski definition) is 1. The predicted octanol–water partition coefficient (Wildman–Crippen LogP) is 1.48. The molecular weight excluding hydrogens is 188 g/mol. The molecule has 1 N–H and O–H groups in total. The van der Waals surface area contributed by atoms with Crippen molar-refractivity contribution in [2.75, 3.05) is 6.54 Å². The quantitative estimate of drug-likeness (QED) is 0.795. The van der Waals surface area contributed by atoms with Gasteiger partial charge in [0, 0.05) is 31.4 Å². The highest BCUT2D eigenvalue weighted by atomic mass is 16.1. The highest BCUT2D eigenvalue weighted by molar-refractivity contribution is 4.93. The van der Waals surface area contributed by atoms with Crippen molar-refractivity contribution in [3.63, 3.8) is 0 Å². The summed E-state index contributed by atoms with van der Waals surface area (Å²) in [7, 11) is 0. The van der Waals surface area contributed by atoms with Crippen LogP contribution in [-0.4, -0.2) is 17.2 Å². The number of nitrogens with zero attached hydrogens (tertiary/aromatic N) is 1. The second-order valence-electron chi connectivity index (χ2n) is 4.22. The zero-order chi connectivity index (χ0) is 11.3. The van der Waals surface area contributed by atoms with Gasteiger partial charge in [0.2, 0.25) is 0 Å². The van der Waals surface area contributed by atoms with Gasteiger partial charge in [-0.25, -0.2) is 0 Å². The van der Waals surface area contributed by atoms with Crippen molar-refractivity contribution in [2.24, 2.45) is 5.92 Å². The molecule has 0 aliphatic heterocycles. The second-order valence-corrected chi connectivity index (χ2v) is 4.22. The van der Waals surface area contributed by atoms with E-state index in [2.05, 4.69) is 26.1 Å². The Bertz CT molecular complexity index is 343. The van der Waals surface area contributed by atoms with Crippen LogP contribution in [0.15, 0.2) is 29.2 Å². The van der Waals surface area contributed by atoms with Crippen molar-refractivity contribution in [1.82, 2.24) is 9.88 Å². The minimum atomic E-state index is 0.0662. The average Bonchev–Trinajstić information content (AvgIpc) is 2.20. The van der Waals surface area contributed by atoms with E-state index < -0.39 is 0 Å². The van der Waals surface area contributed by atoms with Gasteiger partial charge in [0.25, 0.3) is 5.56 Å². The van der Waals surface area contributed by atoms with Crippen molar-refractivity contribution >= 4 is 0 Å². The van der Waals surface area contributed by atoms with E-state index in [1.807, 2.05) is 12.3 Å². The van der Waals surface area contributed by atoms with Gasteiger partial charge < -0.3 is 9.88 Å². The van der Waals surface area contributed by atoms with Gasteiger partial charge in [-0.3, -0.25) is 4.79 Å². The lowest BCUT2D eigenvalue weighted by Gasteiger charge is -2.17. The van der Waals surface area contributed by atoms with Gasteiger partial charge in [0.1, 0.15) is 0 Å². The van der Waals surface area contributed by atoms with Crippen LogP contribution < -0.4 is 10.9 Å². The fraction of sp³-hybridized carbons (Fsp3) is 0.583. The van der Waals surface area contributed by atoms with Gasteiger partial charge in [-0.05, 0) is 18.9 Å². The number of aromatic nitrogens is 1. The maximum atomic E-state index is 11.4. The standard InChI is InChI=1S/C12H20N2O/c1-10(2)11(3)13-7-9-14-8-5-4-6-12(14)15/h4-6,8,10-11,13H,7,9H2,1-3H3. The fourth-order valence-electron chi connectivity index (χ4n) is 1.29. The van der Waals surface area contributed by atoms with Crippen LogP contribution in [-0.2, 0) is 6.54 Å². The maximum absolute atomic E-state index is 11.4. The molecule has 0 aliphatic rings. The molecule has 0 amide bonds. The topological polar surface area (TPSA) is 34.0 Å². The van der Waals surface area contributed by atoms with Gasteiger partial charge in [-0.15, -0.1) is 0 Å². The Kier molecular flexibility index (Phi) is 4.56. The number of pyridine rings is 1. The van der Waals surface area contributed by atoms with E-state index >= 15 is 0 Å². The second kappa shape index (κ2) is 5.71. The van der Waals surface area contributed by atoms with E-state index in [4.69, 9.17) is 0 Å². The summed E-state index contributed by atoms with van der Waals surface area (Å²) < 4.78 is 1.72. The normalized spacial score (nSPS) is 13.1. The molecule has 0 aliphatic carbocycles. The molecule has 0 radical (unpaired) electrons. The summed E-state index contributed by atoms with van der Waals surface area (Å²) >= 11 is 0. The van der Waals surface area contributed by atoms with Gasteiger partial charge in [0.15, 0.2) is 0 Å². The number of rotatable bonds is 5. The fourth-order valence-corrected chi connectivity index (χ4v) is 1.29. The Balaban J connectivity index is 2.39. The average molecular weight is 208 g/mol. The molecule has 1 aromatic heterocycles. The summed E-state index contributed by atoms with van der Waals surface area (Å²) in [6, 6.07) is 5.73. The summed E-state index contributed by atoms with van der Waals surface area (Å²) in [6.07, 6.45) is 1.82. The van der Waals surface area contributed by atoms with Crippen molar-refractivity contribution in [3.8, 4) is 0 Å². The predicted molar refractivity (Wildman–Crippen MR) is 63.0 cm³/mol. The Morgan fingerprint density at radius 2 is 2.07 bits per heavy atom. The minimum absolute atomic E-state index is 0.0662. The molecule has 1 unspecified atom stereocenters. The molecule has 84 valence electrons. The number of hydrogen-bond acceptors (Lipinski definition) is 2. The first-order chi connectivity index (χ1) is 7.11. The molecule has 1 rings (SSSR count).